The number of non-ortho nitro benzene ring substituents is 1. The van der Waals surface area contributed by atoms with Gasteiger partial charge in [-0.25, -0.2) is 0 Å². The number of nitro groups is 1. The van der Waals surface area contributed by atoms with Gasteiger partial charge in [0, 0.05) is 29.4 Å². The van der Waals surface area contributed by atoms with Gasteiger partial charge < -0.3 is 4.90 Å². The molecular weight excluding hydrogens is 364 g/mol. The van der Waals surface area contributed by atoms with Gasteiger partial charge in [-0.2, -0.15) is 5.10 Å². The van der Waals surface area contributed by atoms with Crippen LogP contribution in [0.5, 0.6) is 0 Å². The van der Waals surface area contributed by atoms with Gasteiger partial charge in [0.05, 0.1) is 16.8 Å². The highest BCUT2D eigenvalue weighted by Crippen LogP contribution is 2.45. The van der Waals surface area contributed by atoms with Crippen LogP contribution < -0.4 is 10.3 Å². The van der Waals surface area contributed by atoms with Crippen molar-refractivity contribution in [3.63, 3.8) is 0 Å². The number of fused-ring (bicyclic) bond motifs is 1. The Morgan fingerprint density at radius 3 is 2.52 bits per heavy atom. The third kappa shape index (κ3) is 4.26. The molecule has 1 N–H and O–H groups in total. The molecule has 0 saturated heterocycles. The number of hydrogen-bond acceptors (Lipinski definition) is 5. The van der Waals surface area contributed by atoms with Crippen LogP contribution in [-0.4, -0.2) is 22.7 Å². The molecule has 1 heterocycles. The van der Waals surface area contributed by atoms with Gasteiger partial charge in [-0.05, 0) is 87.9 Å². The normalized spacial score (nSPS) is 18.2. The summed E-state index contributed by atoms with van der Waals surface area (Å²) in [5, 5.41) is 15.1. The average Bonchev–Trinajstić information content (AvgIpc) is 2.62. The third-order valence-electron chi connectivity index (χ3n) is 5.66. The molecule has 0 unspecified atom stereocenters. The van der Waals surface area contributed by atoms with Gasteiger partial charge >= 0.3 is 0 Å². The zero-order chi connectivity index (χ0) is 21.3. The second kappa shape index (κ2) is 7.85. The molecule has 0 bridgehead atoms. The summed E-state index contributed by atoms with van der Waals surface area (Å²) in [6.07, 6.45) is 2.93. The molecule has 2 aromatic rings. The molecule has 3 rings (SSSR count). The summed E-state index contributed by atoms with van der Waals surface area (Å²) in [6.45, 7) is 13.6. The van der Waals surface area contributed by atoms with Gasteiger partial charge in [0.1, 0.15) is 0 Å². The van der Waals surface area contributed by atoms with Crippen molar-refractivity contribution >= 4 is 23.3 Å². The number of nitrogens with one attached hydrogen (secondary N) is 1. The first kappa shape index (κ1) is 20.8. The summed E-state index contributed by atoms with van der Waals surface area (Å²) in [7, 11) is 0. The van der Waals surface area contributed by atoms with Gasteiger partial charge in [0.15, 0.2) is 0 Å². The Hall–Kier alpha value is -2.89. The zero-order valence-corrected chi connectivity index (χ0v) is 18.1. The molecule has 0 aromatic heterocycles. The van der Waals surface area contributed by atoms with E-state index < -0.39 is 4.92 Å². The number of nitro benzene ring substituents is 1. The molecular formula is C23H30N4O2. The number of rotatable bonds is 5. The van der Waals surface area contributed by atoms with E-state index in [-0.39, 0.29) is 11.2 Å². The van der Waals surface area contributed by atoms with Crippen molar-refractivity contribution in [3.05, 3.63) is 63.2 Å². The van der Waals surface area contributed by atoms with E-state index in [0.29, 0.717) is 17.6 Å². The molecule has 0 fully saturated rings. The summed E-state index contributed by atoms with van der Waals surface area (Å²) in [5.41, 5.74) is 8.79. The molecule has 1 aliphatic rings. The number of anilines is 2. The topological polar surface area (TPSA) is 70.8 Å². The Kier molecular flexibility index (Phi) is 5.64. The van der Waals surface area contributed by atoms with Gasteiger partial charge in [-0.15, -0.1) is 0 Å². The van der Waals surface area contributed by atoms with Crippen molar-refractivity contribution in [1.82, 2.24) is 0 Å². The number of hydrogen-bond donors (Lipinski definition) is 1. The van der Waals surface area contributed by atoms with Crippen LogP contribution >= 0.6 is 0 Å². The van der Waals surface area contributed by atoms with E-state index in [2.05, 4.69) is 69.1 Å². The number of hydrazone groups is 1. The Morgan fingerprint density at radius 1 is 1.28 bits per heavy atom. The average molecular weight is 395 g/mol. The lowest BCUT2D eigenvalue weighted by Crippen LogP contribution is -2.51. The van der Waals surface area contributed by atoms with Crippen molar-refractivity contribution in [3.8, 4) is 0 Å². The molecule has 0 saturated carbocycles. The SMILES string of the molecule is Cc1cc2c(cc1/C=N\Nc1ccc([N+](=O)[O-])cc1)[C@H](C)CC(C)(C)N2C(C)C. The lowest BCUT2D eigenvalue weighted by atomic mass is 9.78. The predicted octanol–water partition coefficient (Wildman–Crippen LogP) is 5.85. The van der Waals surface area contributed by atoms with E-state index in [1.54, 1.807) is 12.1 Å². The zero-order valence-electron chi connectivity index (χ0n) is 18.1. The maximum Gasteiger partial charge on any atom is 0.269 e. The van der Waals surface area contributed by atoms with Crippen molar-refractivity contribution in [2.45, 2.75) is 65.5 Å². The maximum atomic E-state index is 10.8. The molecule has 0 spiro atoms. The minimum atomic E-state index is -0.410. The Morgan fingerprint density at radius 2 is 1.93 bits per heavy atom. The highest BCUT2D eigenvalue weighted by molar-refractivity contribution is 5.84. The maximum absolute atomic E-state index is 10.8. The van der Waals surface area contributed by atoms with Crippen LogP contribution in [0.25, 0.3) is 0 Å². The molecule has 0 radical (unpaired) electrons. The van der Waals surface area contributed by atoms with Crippen LogP contribution in [0.2, 0.25) is 0 Å². The minimum Gasteiger partial charge on any atom is -0.364 e. The molecule has 0 amide bonds. The quantitative estimate of drug-likeness (QED) is 0.392. The Labute approximate surface area is 172 Å². The first-order valence-corrected chi connectivity index (χ1v) is 10.1. The van der Waals surface area contributed by atoms with Gasteiger partial charge in [0.2, 0.25) is 0 Å². The van der Waals surface area contributed by atoms with Gasteiger partial charge in [-0.3, -0.25) is 15.5 Å². The van der Waals surface area contributed by atoms with Gasteiger partial charge in [-0.1, -0.05) is 6.92 Å². The standard InChI is InChI=1S/C23H30N4O2/c1-15(2)26-22-11-16(3)18(12-21(22)17(4)13-23(26,5)6)14-24-25-19-7-9-20(10-8-19)27(28)29/h7-12,14-15,17,25H,13H2,1-6H3/b24-14-/t17-/m1/s1. The van der Waals surface area contributed by atoms with Crippen LogP contribution in [0.4, 0.5) is 17.1 Å². The van der Waals surface area contributed by atoms with Crippen LogP contribution in [0.3, 0.4) is 0 Å². The van der Waals surface area contributed by atoms with Gasteiger partial charge in [0.25, 0.3) is 5.69 Å². The number of aryl methyl sites for hydroxylation is 1. The van der Waals surface area contributed by atoms with Crippen molar-refractivity contribution in [2.75, 3.05) is 10.3 Å². The van der Waals surface area contributed by atoms with Crippen LogP contribution in [0, 0.1) is 17.0 Å². The fraction of sp³-hybridized carbons (Fsp3) is 0.435. The molecule has 1 aliphatic heterocycles. The Balaban J connectivity index is 1.85. The molecule has 1 atom stereocenters. The van der Waals surface area contributed by atoms with E-state index in [4.69, 9.17) is 0 Å². The van der Waals surface area contributed by atoms with Crippen molar-refractivity contribution in [1.29, 1.82) is 0 Å². The second-order valence-electron chi connectivity index (χ2n) is 8.82. The van der Waals surface area contributed by atoms with Crippen molar-refractivity contribution < 1.29 is 4.92 Å². The summed E-state index contributed by atoms with van der Waals surface area (Å²) in [4.78, 5) is 12.9. The summed E-state index contributed by atoms with van der Waals surface area (Å²) in [6, 6.07) is 11.2. The number of benzene rings is 2. The monoisotopic (exact) mass is 394 g/mol. The predicted molar refractivity (Wildman–Crippen MR) is 120 cm³/mol. The van der Waals surface area contributed by atoms with E-state index in [9.17, 15) is 10.1 Å². The number of nitrogens with zero attached hydrogens (tertiary/aromatic N) is 3. The summed E-state index contributed by atoms with van der Waals surface area (Å²) < 4.78 is 0. The molecule has 6 nitrogen and oxygen atoms in total. The molecule has 2 aromatic carbocycles. The molecule has 29 heavy (non-hydrogen) atoms. The fourth-order valence-corrected chi connectivity index (χ4v) is 4.56. The van der Waals surface area contributed by atoms with E-state index in [0.717, 1.165) is 12.0 Å². The first-order chi connectivity index (χ1) is 13.6. The van der Waals surface area contributed by atoms with Crippen LogP contribution in [0.15, 0.2) is 41.5 Å². The molecule has 0 aliphatic carbocycles. The molecule has 154 valence electrons. The van der Waals surface area contributed by atoms with E-state index in [1.165, 1.54) is 28.9 Å². The van der Waals surface area contributed by atoms with Crippen molar-refractivity contribution in [2.24, 2.45) is 5.10 Å². The third-order valence-corrected chi connectivity index (χ3v) is 5.66. The Bertz CT molecular complexity index is 933. The molecule has 6 heteroatoms. The van der Waals surface area contributed by atoms with Crippen LogP contribution in [0.1, 0.15) is 63.6 Å². The van der Waals surface area contributed by atoms with E-state index in [1.807, 2.05) is 6.21 Å². The fourth-order valence-electron chi connectivity index (χ4n) is 4.56. The second-order valence-corrected chi connectivity index (χ2v) is 8.82. The first-order valence-electron chi connectivity index (χ1n) is 10.1. The summed E-state index contributed by atoms with van der Waals surface area (Å²) >= 11 is 0. The van der Waals surface area contributed by atoms with E-state index >= 15 is 0 Å². The largest absolute Gasteiger partial charge is 0.364 e. The smallest absolute Gasteiger partial charge is 0.269 e. The highest BCUT2D eigenvalue weighted by Gasteiger charge is 2.37. The minimum absolute atomic E-state index is 0.0664. The highest BCUT2D eigenvalue weighted by atomic mass is 16.6. The lowest BCUT2D eigenvalue weighted by Gasteiger charge is -2.50. The summed E-state index contributed by atoms with van der Waals surface area (Å²) in [5.74, 6) is 0.477. The van der Waals surface area contributed by atoms with Crippen LogP contribution in [-0.2, 0) is 0 Å². The lowest BCUT2D eigenvalue weighted by molar-refractivity contribution is -0.384.